The molecule has 1 aliphatic carbocycles. The van der Waals surface area contributed by atoms with Crippen LogP contribution in [0, 0.1) is 18.3 Å². The Kier molecular flexibility index (Phi) is 3.00. The van der Waals surface area contributed by atoms with Crippen LogP contribution in [0.15, 0.2) is 0 Å². The summed E-state index contributed by atoms with van der Waals surface area (Å²) in [4.78, 5) is 36.5. The molecule has 0 aromatic carbocycles. The van der Waals surface area contributed by atoms with Crippen LogP contribution in [0.3, 0.4) is 0 Å². The Hall–Kier alpha value is -2.03. The molecule has 0 aromatic rings. The van der Waals surface area contributed by atoms with E-state index >= 15 is 0 Å². The third-order valence-electron chi connectivity index (χ3n) is 2.66. The molecule has 1 saturated carbocycles. The van der Waals surface area contributed by atoms with E-state index in [1.807, 2.05) is 0 Å². The van der Waals surface area contributed by atoms with Crippen molar-refractivity contribution in [3.05, 3.63) is 0 Å². The van der Waals surface area contributed by atoms with Gasteiger partial charge in [0.25, 0.3) is 5.91 Å². The molecule has 17 heavy (non-hydrogen) atoms. The average Bonchev–Trinajstić information content (AvgIpc) is 3.08. The number of nitrogens with zero attached hydrogens (tertiary/aromatic N) is 2. The first-order valence-electron chi connectivity index (χ1n) is 5.33. The van der Waals surface area contributed by atoms with Crippen LogP contribution in [-0.4, -0.2) is 47.5 Å². The Balaban J connectivity index is 1.87. The van der Waals surface area contributed by atoms with Crippen molar-refractivity contribution in [3.8, 4) is 12.3 Å². The van der Waals surface area contributed by atoms with Crippen molar-refractivity contribution < 1.29 is 19.1 Å². The molecule has 0 unspecified atom stereocenters. The largest absolute Gasteiger partial charge is 0.443 e. The second-order valence-electron chi connectivity index (χ2n) is 4.03. The summed E-state index contributed by atoms with van der Waals surface area (Å²) in [6.07, 6.45) is 6.72. The molecule has 90 valence electrons. The van der Waals surface area contributed by atoms with Crippen LogP contribution in [-0.2, 0) is 14.3 Å². The summed E-state index contributed by atoms with van der Waals surface area (Å²) in [6, 6.07) is -0.503. The highest BCUT2D eigenvalue weighted by Crippen LogP contribution is 2.30. The summed E-state index contributed by atoms with van der Waals surface area (Å²) < 4.78 is 4.88. The minimum absolute atomic E-state index is 0.0513. The predicted octanol–water partition coefficient (Wildman–Crippen LogP) is -0.206. The SMILES string of the molecule is C#CCN1CC(=O)N(COC(=O)C2CC2)C1=O. The van der Waals surface area contributed by atoms with Crippen LogP contribution in [0.4, 0.5) is 4.79 Å². The van der Waals surface area contributed by atoms with Gasteiger partial charge in [0.05, 0.1) is 12.5 Å². The lowest BCUT2D eigenvalue weighted by atomic mass is 10.4. The lowest BCUT2D eigenvalue weighted by Crippen LogP contribution is -2.35. The summed E-state index contributed by atoms with van der Waals surface area (Å²) in [7, 11) is 0. The zero-order valence-electron chi connectivity index (χ0n) is 9.22. The quantitative estimate of drug-likeness (QED) is 0.385. The van der Waals surface area contributed by atoms with Gasteiger partial charge >= 0.3 is 12.0 Å². The molecular weight excluding hydrogens is 224 g/mol. The van der Waals surface area contributed by atoms with E-state index in [1.54, 1.807) is 0 Å². The van der Waals surface area contributed by atoms with E-state index in [0.29, 0.717) is 0 Å². The van der Waals surface area contributed by atoms with Gasteiger partial charge in [0.15, 0.2) is 6.73 Å². The van der Waals surface area contributed by atoms with E-state index in [-0.39, 0.29) is 31.7 Å². The zero-order valence-corrected chi connectivity index (χ0v) is 9.22. The molecule has 1 heterocycles. The van der Waals surface area contributed by atoms with Crippen molar-refractivity contribution >= 4 is 17.9 Å². The first-order valence-corrected chi connectivity index (χ1v) is 5.33. The maximum Gasteiger partial charge on any atom is 0.330 e. The number of hydrogen-bond donors (Lipinski definition) is 0. The predicted molar refractivity (Wildman–Crippen MR) is 56.3 cm³/mol. The van der Waals surface area contributed by atoms with Gasteiger partial charge in [0.1, 0.15) is 6.54 Å². The Bertz CT molecular complexity index is 408. The highest BCUT2D eigenvalue weighted by atomic mass is 16.5. The van der Waals surface area contributed by atoms with Crippen LogP contribution >= 0.6 is 0 Å². The highest BCUT2D eigenvalue weighted by Gasteiger charge is 2.37. The molecule has 0 N–H and O–H groups in total. The van der Waals surface area contributed by atoms with Crippen LogP contribution in [0.25, 0.3) is 0 Å². The number of urea groups is 1. The van der Waals surface area contributed by atoms with Crippen LogP contribution in [0.1, 0.15) is 12.8 Å². The Morgan fingerprint density at radius 2 is 2.18 bits per heavy atom. The second kappa shape index (κ2) is 4.45. The topological polar surface area (TPSA) is 66.9 Å². The number of rotatable bonds is 4. The molecule has 2 fully saturated rings. The van der Waals surface area contributed by atoms with Crippen LogP contribution in [0.5, 0.6) is 0 Å². The molecular formula is C11H12N2O4. The van der Waals surface area contributed by atoms with Crippen molar-refractivity contribution in [2.45, 2.75) is 12.8 Å². The summed E-state index contributed by atoms with van der Waals surface area (Å²) in [5, 5.41) is 0. The molecule has 0 bridgehead atoms. The lowest BCUT2D eigenvalue weighted by molar-refractivity contribution is -0.150. The van der Waals surface area contributed by atoms with Gasteiger partial charge in [0, 0.05) is 0 Å². The third-order valence-corrected chi connectivity index (χ3v) is 2.66. The zero-order chi connectivity index (χ0) is 12.4. The van der Waals surface area contributed by atoms with E-state index in [2.05, 4.69) is 5.92 Å². The van der Waals surface area contributed by atoms with Crippen molar-refractivity contribution in [2.24, 2.45) is 5.92 Å². The van der Waals surface area contributed by atoms with Crippen molar-refractivity contribution in [3.63, 3.8) is 0 Å². The third kappa shape index (κ3) is 2.38. The lowest BCUT2D eigenvalue weighted by Gasteiger charge is -2.14. The van der Waals surface area contributed by atoms with Gasteiger partial charge in [-0.2, -0.15) is 0 Å². The summed E-state index contributed by atoms with van der Waals surface area (Å²) in [5.41, 5.74) is 0. The smallest absolute Gasteiger partial charge is 0.330 e. The second-order valence-corrected chi connectivity index (χ2v) is 4.03. The minimum Gasteiger partial charge on any atom is -0.443 e. The number of ether oxygens (including phenoxy) is 1. The highest BCUT2D eigenvalue weighted by molar-refractivity contribution is 6.02. The van der Waals surface area contributed by atoms with Gasteiger partial charge in [0.2, 0.25) is 0 Å². The number of imide groups is 1. The molecule has 2 rings (SSSR count). The van der Waals surface area contributed by atoms with Crippen LogP contribution in [0.2, 0.25) is 0 Å². The first-order chi connectivity index (χ1) is 8.13. The summed E-state index contributed by atoms with van der Waals surface area (Å²) in [5.74, 6) is 1.50. The van der Waals surface area contributed by atoms with Gasteiger partial charge in [-0.3, -0.25) is 9.59 Å². The molecule has 6 heteroatoms. The molecule has 0 aromatic heterocycles. The van der Waals surface area contributed by atoms with E-state index in [1.165, 1.54) is 4.90 Å². The van der Waals surface area contributed by atoms with E-state index < -0.39 is 11.9 Å². The van der Waals surface area contributed by atoms with Gasteiger partial charge in [-0.15, -0.1) is 6.42 Å². The average molecular weight is 236 g/mol. The fraction of sp³-hybridized carbons (Fsp3) is 0.545. The number of amides is 3. The molecule has 6 nitrogen and oxygen atoms in total. The normalized spacial score (nSPS) is 19.5. The fourth-order valence-corrected chi connectivity index (χ4v) is 1.52. The molecule has 1 aliphatic heterocycles. The number of terminal acetylenes is 1. The molecule has 2 aliphatic rings. The number of carbonyl (C=O) groups excluding carboxylic acids is 3. The van der Waals surface area contributed by atoms with Crippen LogP contribution < -0.4 is 0 Å². The monoisotopic (exact) mass is 236 g/mol. The molecule has 0 atom stereocenters. The maximum absolute atomic E-state index is 11.6. The van der Waals surface area contributed by atoms with E-state index in [0.717, 1.165) is 17.7 Å². The first kappa shape index (κ1) is 11.5. The Labute approximate surface area is 98.5 Å². The van der Waals surface area contributed by atoms with Gasteiger partial charge in [-0.05, 0) is 12.8 Å². The molecule has 0 spiro atoms. The van der Waals surface area contributed by atoms with Crippen molar-refractivity contribution in [1.29, 1.82) is 0 Å². The van der Waals surface area contributed by atoms with Crippen molar-refractivity contribution in [1.82, 2.24) is 9.80 Å². The van der Waals surface area contributed by atoms with E-state index in [9.17, 15) is 14.4 Å². The molecule has 0 radical (unpaired) electrons. The minimum atomic E-state index is -0.503. The standard InChI is InChI=1S/C11H12N2O4/c1-2-5-12-6-9(14)13(11(12)16)7-17-10(15)8-3-4-8/h1,8H,3-7H2. The van der Waals surface area contributed by atoms with Gasteiger partial charge in [-0.25, -0.2) is 9.69 Å². The summed E-state index contributed by atoms with van der Waals surface area (Å²) >= 11 is 0. The maximum atomic E-state index is 11.6. The molecule has 1 saturated heterocycles. The number of hydrogen-bond acceptors (Lipinski definition) is 4. The van der Waals surface area contributed by atoms with Gasteiger partial charge in [-0.1, -0.05) is 5.92 Å². The summed E-state index contributed by atoms with van der Waals surface area (Å²) in [6.45, 7) is -0.282. The van der Waals surface area contributed by atoms with E-state index in [4.69, 9.17) is 11.2 Å². The van der Waals surface area contributed by atoms with Crippen molar-refractivity contribution in [2.75, 3.05) is 19.8 Å². The fourth-order valence-electron chi connectivity index (χ4n) is 1.52. The number of carbonyl (C=O) groups is 3. The number of esters is 1. The molecule has 3 amide bonds. The van der Waals surface area contributed by atoms with Gasteiger partial charge < -0.3 is 9.64 Å². The Morgan fingerprint density at radius 1 is 1.47 bits per heavy atom. The Morgan fingerprint density at radius 3 is 2.76 bits per heavy atom.